The van der Waals surface area contributed by atoms with Gasteiger partial charge in [0.2, 0.25) is 0 Å². The van der Waals surface area contributed by atoms with E-state index in [-0.39, 0.29) is 11.1 Å². The van der Waals surface area contributed by atoms with Gasteiger partial charge in [-0.25, -0.2) is 4.68 Å². The van der Waals surface area contributed by atoms with Crippen molar-refractivity contribution in [1.82, 2.24) is 25.2 Å². The van der Waals surface area contributed by atoms with Crippen LogP contribution in [0.3, 0.4) is 0 Å². The van der Waals surface area contributed by atoms with Gasteiger partial charge in [0, 0.05) is 23.3 Å². The molecule has 1 aliphatic rings. The highest BCUT2D eigenvalue weighted by Crippen LogP contribution is 2.37. The lowest BCUT2D eigenvalue weighted by molar-refractivity contribution is 0.329. The summed E-state index contributed by atoms with van der Waals surface area (Å²) in [5.41, 5.74) is 4.73. The highest BCUT2D eigenvalue weighted by atomic mass is 16.1. The van der Waals surface area contributed by atoms with Crippen LogP contribution in [0.2, 0.25) is 0 Å². The van der Waals surface area contributed by atoms with E-state index in [0.29, 0.717) is 11.4 Å². The second-order valence-electron chi connectivity index (χ2n) is 9.78. The SMILES string of the molecule is CCc1ccc2[nH]c(=O)c(C(c3nnnn3C(C)(C)C)N3CCCc4ccccc43)cc2c1. The molecule has 0 spiro atoms. The average molecular weight is 443 g/mol. The minimum absolute atomic E-state index is 0.108. The van der Waals surface area contributed by atoms with Gasteiger partial charge >= 0.3 is 0 Å². The summed E-state index contributed by atoms with van der Waals surface area (Å²) in [5, 5.41) is 13.8. The van der Waals surface area contributed by atoms with Crippen LogP contribution in [0.15, 0.2) is 53.3 Å². The molecule has 2 aromatic heterocycles. The van der Waals surface area contributed by atoms with Crippen molar-refractivity contribution in [2.24, 2.45) is 0 Å². The Bertz CT molecular complexity index is 1360. The molecule has 2 aromatic carbocycles. The quantitative estimate of drug-likeness (QED) is 0.508. The third kappa shape index (κ3) is 3.81. The predicted molar refractivity (Wildman–Crippen MR) is 131 cm³/mol. The molecule has 7 nitrogen and oxygen atoms in total. The molecule has 33 heavy (non-hydrogen) atoms. The van der Waals surface area contributed by atoms with Crippen LogP contribution >= 0.6 is 0 Å². The number of rotatable bonds is 4. The summed E-state index contributed by atoms with van der Waals surface area (Å²) in [5.74, 6) is 0.677. The van der Waals surface area contributed by atoms with Crippen LogP contribution in [0, 0.1) is 0 Å². The van der Waals surface area contributed by atoms with E-state index >= 15 is 0 Å². The summed E-state index contributed by atoms with van der Waals surface area (Å²) in [6.45, 7) is 9.19. The molecule has 5 rings (SSSR count). The van der Waals surface area contributed by atoms with Crippen LogP contribution in [0.1, 0.15) is 62.7 Å². The number of benzene rings is 2. The molecular formula is C26H30N6O. The van der Waals surface area contributed by atoms with Gasteiger partial charge in [-0.05, 0) is 91.2 Å². The predicted octanol–water partition coefficient (Wildman–Crippen LogP) is 4.37. The van der Waals surface area contributed by atoms with Crippen LogP contribution in [-0.2, 0) is 18.4 Å². The Balaban J connectivity index is 1.77. The second kappa shape index (κ2) is 8.14. The Morgan fingerprint density at radius 1 is 1.12 bits per heavy atom. The first kappa shape index (κ1) is 21.4. The minimum Gasteiger partial charge on any atom is -0.357 e. The number of aromatic amines is 1. The van der Waals surface area contributed by atoms with E-state index in [0.717, 1.165) is 42.4 Å². The number of pyridine rings is 1. The van der Waals surface area contributed by atoms with Crippen LogP contribution in [0.5, 0.6) is 0 Å². The van der Waals surface area contributed by atoms with Gasteiger partial charge in [0.1, 0.15) is 6.04 Å². The molecule has 7 heteroatoms. The zero-order chi connectivity index (χ0) is 23.2. The van der Waals surface area contributed by atoms with Gasteiger partial charge in [-0.1, -0.05) is 31.2 Å². The van der Waals surface area contributed by atoms with E-state index in [1.165, 1.54) is 11.1 Å². The molecule has 0 fully saturated rings. The van der Waals surface area contributed by atoms with E-state index in [1.807, 2.05) is 16.8 Å². The molecule has 1 atom stereocenters. The minimum atomic E-state index is -0.404. The number of H-pyrrole nitrogens is 1. The average Bonchev–Trinajstić information content (AvgIpc) is 3.30. The molecule has 0 saturated carbocycles. The van der Waals surface area contributed by atoms with Crippen molar-refractivity contribution in [3.05, 3.63) is 81.4 Å². The van der Waals surface area contributed by atoms with Gasteiger partial charge in [-0.15, -0.1) is 5.10 Å². The van der Waals surface area contributed by atoms with Crippen LogP contribution in [0.25, 0.3) is 10.9 Å². The van der Waals surface area contributed by atoms with Crippen molar-refractivity contribution < 1.29 is 0 Å². The number of hydrogen-bond donors (Lipinski definition) is 1. The zero-order valence-electron chi connectivity index (χ0n) is 19.7. The molecule has 4 aromatic rings. The van der Waals surface area contributed by atoms with E-state index in [1.54, 1.807) is 0 Å². The van der Waals surface area contributed by atoms with Gasteiger partial charge in [0.25, 0.3) is 5.56 Å². The van der Waals surface area contributed by atoms with Gasteiger partial charge in [0.15, 0.2) is 5.82 Å². The van der Waals surface area contributed by atoms with Crippen molar-refractivity contribution in [2.75, 3.05) is 11.4 Å². The summed E-state index contributed by atoms with van der Waals surface area (Å²) in [4.78, 5) is 18.9. The van der Waals surface area contributed by atoms with E-state index < -0.39 is 6.04 Å². The Kier molecular flexibility index (Phi) is 5.27. The first-order valence-corrected chi connectivity index (χ1v) is 11.7. The molecule has 1 unspecified atom stereocenters. The van der Waals surface area contributed by atoms with E-state index in [2.05, 4.69) is 89.5 Å². The maximum Gasteiger partial charge on any atom is 0.254 e. The highest BCUT2D eigenvalue weighted by Gasteiger charge is 2.35. The monoisotopic (exact) mass is 442 g/mol. The van der Waals surface area contributed by atoms with Crippen LogP contribution < -0.4 is 10.5 Å². The lowest BCUT2D eigenvalue weighted by atomic mass is 9.95. The summed E-state index contributed by atoms with van der Waals surface area (Å²) < 4.78 is 1.85. The second-order valence-corrected chi connectivity index (χ2v) is 9.78. The first-order valence-electron chi connectivity index (χ1n) is 11.7. The van der Waals surface area contributed by atoms with E-state index in [4.69, 9.17) is 0 Å². The molecule has 1 N–H and O–H groups in total. The fourth-order valence-corrected chi connectivity index (χ4v) is 4.82. The molecule has 1 aliphatic heterocycles. The van der Waals surface area contributed by atoms with Gasteiger partial charge < -0.3 is 9.88 Å². The molecular weight excluding hydrogens is 412 g/mol. The van der Waals surface area contributed by atoms with Crippen molar-refractivity contribution in [3.8, 4) is 0 Å². The number of anilines is 1. The first-order chi connectivity index (χ1) is 15.9. The fourth-order valence-electron chi connectivity index (χ4n) is 4.82. The molecule has 170 valence electrons. The number of hydrogen-bond acceptors (Lipinski definition) is 5. The van der Waals surface area contributed by atoms with Crippen molar-refractivity contribution in [3.63, 3.8) is 0 Å². The molecule has 0 radical (unpaired) electrons. The number of nitrogens with one attached hydrogen (secondary N) is 1. The third-order valence-electron chi connectivity index (χ3n) is 6.47. The van der Waals surface area contributed by atoms with E-state index in [9.17, 15) is 4.79 Å². The Morgan fingerprint density at radius 2 is 1.94 bits per heavy atom. The normalized spacial score (nSPS) is 15.0. The maximum absolute atomic E-state index is 13.5. The van der Waals surface area contributed by atoms with Crippen molar-refractivity contribution >= 4 is 16.6 Å². The Labute approximate surface area is 193 Å². The summed E-state index contributed by atoms with van der Waals surface area (Å²) in [7, 11) is 0. The van der Waals surface area contributed by atoms with Gasteiger partial charge in [-0.2, -0.15) is 0 Å². The van der Waals surface area contributed by atoms with Crippen molar-refractivity contribution in [1.29, 1.82) is 0 Å². The standard InChI is InChI=1S/C26H30N6O/c1-5-17-12-13-21-19(15-17)16-20(25(33)27-21)23(24-28-29-30-32(24)26(2,3)4)31-14-8-10-18-9-6-7-11-22(18)31/h6-7,9,11-13,15-16,23H,5,8,10,14H2,1-4H3,(H,27,33). The third-order valence-corrected chi connectivity index (χ3v) is 6.47. The molecule has 0 saturated heterocycles. The Morgan fingerprint density at radius 3 is 2.73 bits per heavy atom. The molecule has 0 aliphatic carbocycles. The lowest BCUT2D eigenvalue weighted by Gasteiger charge is -2.38. The number of nitrogens with zero attached hydrogens (tertiary/aromatic N) is 5. The zero-order valence-corrected chi connectivity index (χ0v) is 19.7. The molecule has 3 heterocycles. The number of aryl methyl sites for hydroxylation is 2. The van der Waals surface area contributed by atoms with Crippen LogP contribution in [0.4, 0.5) is 5.69 Å². The number of fused-ring (bicyclic) bond motifs is 2. The Hall–Kier alpha value is -3.48. The summed E-state index contributed by atoms with van der Waals surface area (Å²) >= 11 is 0. The topological polar surface area (TPSA) is 79.7 Å². The summed E-state index contributed by atoms with van der Waals surface area (Å²) in [6.07, 6.45) is 2.98. The maximum atomic E-state index is 13.5. The van der Waals surface area contributed by atoms with Crippen LogP contribution in [-0.4, -0.2) is 31.7 Å². The summed E-state index contributed by atoms with van der Waals surface area (Å²) in [6, 6.07) is 16.3. The van der Waals surface area contributed by atoms with Gasteiger partial charge in [0.05, 0.1) is 5.54 Å². The number of para-hydroxylation sites is 1. The number of tetrazole rings is 1. The molecule has 0 bridgehead atoms. The van der Waals surface area contributed by atoms with Crippen molar-refractivity contribution in [2.45, 2.75) is 58.5 Å². The molecule has 0 amide bonds. The largest absolute Gasteiger partial charge is 0.357 e. The lowest BCUT2D eigenvalue weighted by Crippen LogP contribution is -2.40. The van der Waals surface area contributed by atoms with Gasteiger partial charge in [-0.3, -0.25) is 4.79 Å². The highest BCUT2D eigenvalue weighted by molar-refractivity contribution is 5.80. The smallest absolute Gasteiger partial charge is 0.254 e. The number of aromatic nitrogens is 5. The fraction of sp³-hybridized carbons (Fsp3) is 0.385.